The van der Waals surface area contributed by atoms with E-state index >= 15 is 0 Å². The Labute approximate surface area is 303 Å². The van der Waals surface area contributed by atoms with Gasteiger partial charge < -0.3 is 0 Å². The number of methoxy groups -OCH3 is 1. The van der Waals surface area contributed by atoms with Crippen LogP contribution in [0, 0.1) is 12.3 Å². The minimum atomic E-state index is -1.08. The van der Waals surface area contributed by atoms with Crippen LogP contribution in [-0.2, 0) is 24.6 Å². The van der Waals surface area contributed by atoms with E-state index in [4.69, 9.17) is 18.9 Å². The van der Waals surface area contributed by atoms with Crippen molar-refractivity contribution in [2.75, 3.05) is 13.7 Å². The van der Waals surface area contributed by atoms with Gasteiger partial charge in [-0.2, -0.15) is 0 Å². The molecule has 0 spiro atoms. The fourth-order valence-corrected chi connectivity index (χ4v) is 8.81. The van der Waals surface area contributed by atoms with Crippen molar-refractivity contribution in [3.63, 3.8) is 0 Å². The fourth-order valence-electron chi connectivity index (χ4n) is 6.19. The van der Waals surface area contributed by atoms with E-state index in [1.54, 1.807) is 34.8 Å². The summed E-state index contributed by atoms with van der Waals surface area (Å²) in [6.45, 7) is 7.06. The van der Waals surface area contributed by atoms with Gasteiger partial charge in [0.25, 0.3) is 0 Å². The van der Waals surface area contributed by atoms with Crippen molar-refractivity contribution in [3.05, 3.63) is 165 Å². The SMILES string of the molecule is COc1ccc(C(OC[C@H]2O[C@@H](n3cc(C)c(=O)[nH]c3=O)[C@H](OC(=O)C(C)(C)C)[C@H]2[Se]c2ccccc2)(c2ccccc2)c2ccccc2)cc1. The van der Waals surface area contributed by atoms with Crippen molar-refractivity contribution in [1.29, 1.82) is 0 Å². The third-order valence-corrected chi connectivity index (χ3v) is 11.8. The van der Waals surface area contributed by atoms with E-state index in [1.165, 1.54) is 10.8 Å². The van der Waals surface area contributed by atoms with Crippen LogP contribution in [0.2, 0.25) is 4.82 Å². The van der Waals surface area contributed by atoms with Gasteiger partial charge in [-0.15, -0.1) is 0 Å². The van der Waals surface area contributed by atoms with Crippen LogP contribution < -0.4 is 20.4 Å². The van der Waals surface area contributed by atoms with Crippen LogP contribution in [0.3, 0.4) is 0 Å². The Hall–Kier alpha value is -4.73. The predicted octanol–water partition coefficient (Wildman–Crippen LogP) is 5.54. The first kappa shape index (κ1) is 36.1. The monoisotopic (exact) mass is 754 g/mol. The Bertz CT molecular complexity index is 2000. The summed E-state index contributed by atoms with van der Waals surface area (Å²) >= 11 is -0.296. The molecular formula is C41H42N2O7Se. The molecule has 10 heteroatoms. The summed E-state index contributed by atoms with van der Waals surface area (Å²) in [5.74, 6) is 0.290. The number of aromatic nitrogens is 2. The van der Waals surface area contributed by atoms with E-state index in [0.717, 1.165) is 21.2 Å². The molecule has 6 rings (SSSR count). The first-order valence-electron chi connectivity index (χ1n) is 16.8. The second-order valence-corrected chi connectivity index (χ2v) is 16.1. The molecular weight excluding hydrogens is 711 g/mol. The molecule has 4 atom stereocenters. The molecule has 51 heavy (non-hydrogen) atoms. The van der Waals surface area contributed by atoms with E-state index < -0.39 is 46.7 Å². The van der Waals surface area contributed by atoms with Crippen LogP contribution >= 0.6 is 0 Å². The molecule has 4 aromatic carbocycles. The number of ether oxygens (including phenoxy) is 4. The van der Waals surface area contributed by atoms with Gasteiger partial charge in [-0.3, -0.25) is 0 Å². The van der Waals surface area contributed by atoms with Crippen molar-refractivity contribution in [2.24, 2.45) is 5.41 Å². The number of esters is 1. The van der Waals surface area contributed by atoms with Gasteiger partial charge in [0, 0.05) is 0 Å². The van der Waals surface area contributed by atoms with Gasteiger partial charge in [0.2, 0.25) is 0 Å². The summed E-state index contributed by atoms with van der Waals surface area (Å²) in [4.78, 5) is 41.3. The zero-order valence-electron chi connectivity index (χ0n) is 29.3. The van der Waals surface area contributed by atoms with Gasteiger partial charge in [-0.25, -0.2) is 0 Å². The van der Waals surface area contributed by atoms with Gasteiger partial charge in [0.05, 0.1) is 0 Å². The maximum absolute atomic E-state index is 13.6. The second kappa shape index (κ2) is 15.3. The van der Waals surface area contributed by atoms with Gasteiger partial charge in [-0.1, -0.05) is 0 Å². The number of benzene rings is 4. The Morgan fingerprint density at radius 2 is 1.37 bits per heavy atom. The third kappa shape index (κ3) is 7.65. The molecule has 1 aliphatic rings. The summed E-state index contributed by atoms with van der Waals surface area (Å²) in [7, 11) is 1.63. The summed E-state index contributed by atoms with van der Waals surface area (Å²) < 4.78 is 28.3. The number of hydrogen-bond acceptors (Lipinski definition) is 7. The molecule has 1 saturated heterocycles. The Kier molecular flexibility index (Phi) is 10.8. The van der Waals surface area contributed by atoms with Crippen LogP contribution in [0.4, 0.5) is 0 Å². The normalized spacial score (nSPS) is 19.1. The molecule has 0 unspecified atom stereocenters. The molecule has 264 valence electrons. The molecule has 1 aromatic heterocycles. The van der Waals surface area contributed by atoms with Crippen molar-refractivity contribution in [1.82, 2.24) is 9.55 Å². The first-order chi connectivity index (χ1) is 24.5. The van der Waals surface area contributed by atoms with E-state index in [0.29, 0.717) is 11.3 Å². The fraction of sp³-hybridized carbons (Fsp3) is 0.293. The summed E-state index contributed by atoms with van der Waals surface area (Å²) in [5, 5.41) is 0. The number of nitrogens with zero attached hydrogens (tertiary/aromatic N) is 1. The molecule has 0 radical (unpaired) electrons. The van der Waals surface area contributed by atoms with Crippen molar-refractivity contribution < 1.29 is 23.7 Å². The molecule has 2 heterocycles. The number of aryl methyl sites for hydroxylation is 1. The number of carbonyl (C=O) groups is 1. The van der Waals surface area contributed by atoms with Crippen LogP contribution in [-0.4, -0.2) is 56.4 Å². The van der Waals surface area contributed by atoms with Gasteiger partial charge in [0.1, 0.15) is 0 Å². The average molecular weight is 754 g/mol. The summed E-state index contributed by atoms with van der Waals surface area (Å²) in [6.07, 6.45) is -1.04. The first-order valence-corrected chi connectivity index (χ1v) is 18.7. The number of nitrogens with one attached hydrogen (secondary N) is 1. The quantitative estimate of drug-likeness (QED) is 0.107. The van der Waals surface area contributed by atoms with Gasteiger partial charge in [0.15, 0.2) is 0 Å². The molecule has 0 bridgehead atoms. The summed E-state index contributed by atoms with van der Waals surface area (Å²) in [6, 6.07) is 37.8. The van der Waals surface area contributed by atoms with Gasteiger partial charge in [-0.05, 0) is 0 Å². The second-order valence-electron chi connectivity index (χ2n) is 13.5. The predicted molar refractivity (Wildman–Crippen MR) is 197 cm³/mol. The molecule has 0 saturated carbocycles. The number of H-pyrrole nitrogens is 1. The number of hydrogen-bond donors (Lipinski definition) is 1. The zero-order chi connectivity index (χ0) is 36.2. The molecule has 1 N–H and O–H groups in total. The molecule has 1 aliphatic heterocycles. The van der Waals surface area contributed by atoms with Crippen molar-refractivity contribution in [3.8, 4) is 5.75 Å². The third-order valence-electron chi connectivity index (χ3n) is 8.90. The van der Waals surface area contributed by atoms with Crippen LogP contribution in [0.5, 0.6) is 5.75 Å². The number of carbonyl (C=O) groups excluding carboxylic acids is 1. The Morgan fingerprint density at radius 3 is 1.92 bits per heavy atom. The van der Waals surface area contributed by atoms with E-state index in [-0.39, 0.29) is 26.4 Å². The van der Waals surface area contributed by atoms with Crippen molar-refractivity contribution >= 4 is 25.4 Å². The summed E-state index contributed by atoms with van der Waals surface area (Å²) in [5.41, 5.74) is -0.0192. The minimum absolute atomic E-state index is 0.0756. The average Bonchev–Trinajstić information content (AvgIpc) is 3.46. The van der Waals surface area contributed by atoms with Gasteiger partial charge >= 0.3 is 305 Å². The number of aromatic amines is 1. The molecule has 9 nitrogen and oxygen atoms in total. The van der Waals surface area contributed by atoms with Crippen LogP contribution in [0.25, 0.3) is 0 Å². The van der Waals surface area contributed by atoms with Crippen LogP contribution in [0.15, 0.2) is 131 Å². The standard InChI is InChI=1S/C41H42N2O7Se/c1-27-25-43(39(46)42-36(27)44)37-34(50-38(45)40(2,3)4)35(51-32-19-13-8-14-20-32)33(49-37)26-48-41(28-15-9-6-10-16-28,29-17-11-7-12-18-29)30-21-23-31(47-5)24-22-30/h6-25,33-35,37H,26H2,1-5H3,(H,42,44,46)/t33-,34-,35+,37-/m1/s1. The molecule has 1 fully saturated rings. The van der Waals surface area contributed by atoms with E-state index in [2.05, 4.69) is 4.98 Å². The van der Waals surface area contributed by atoms with E-state index in [9.17, 15) is 14.4 Å². The van der Waals surface area contributed by atoms with Crippen LogP contribution in [0.1, 0.15) is 49.3 Å². The Morgan fingerprint density at radius 1 is 0.824 bits per heavy atom. The topological polar surface area (TPSA) is 109 Å². The van der Waals surface area contributed by atoms with E-state index in [1.807, 2.05) is 115 Å². The number of rotatable bonds is 11. The molecule has 5 aromatic rings. The van der Waals surface area contributed by atoms with Crippen molar-refractivity contribution in [2.45, 2.75) is 56.5 Å². The Balaban J connectivity index is 1.49. The molecule has 0 amide bonds. The zero-order valence-corrected chi connectivity index (χ0v) is 31.0. The maximum atomic E-state index is 13.6. The molecule has 0 aliphatic carbocycles.